The Labute approximate surface area is 114 Å². The SMILES string of the molecule is CCCC1CCC(Nc2cc(C(=O)O)ccn2)CC1. The van der Waals surface area contributed by atoms with Crippen LogP contribution in [0, 0.1) is 5.92 Å². The zero-order valence-electron chi connectivity index (χ0n) is 11.4. The molecule has 1 aromatic heterocycles. The highest BCUT2D eigenvalue weighted by atomic mass is 16.4. The van der Waals surface area contributed by atoms with Crippen LogP contribution in [-0.2, 0) is 0 Å². The van der Waals surface area contributed by atoms with Gasteiger partial charge in [-0.05, 0) is 43.7 Å². The predicted octanol–water partition coefficient (Wildman–Crippen LogP) is 3.55. The number of carboxylic acid groups (broad SMARTS) is 1. The molecule has 1 aliphatic rings. The van der Waals surface area contributed by atoms with Crippen molar-refractivity contribution in [3.8, 4) is 0 Å². The average Bonchev–Trinajstić information content (AvgIpc) is 2.42. The number of hydrogen-bond acceptors (Lipinski definition) is 3. The standard InChI is InChI=1S/C15H22N2O2/c1-2-3-11-4-6-13(7-5-11)17-14-10-12(15(18)19)8-9-16-14/h8-11,13H,2-7H2,1H3,(H,16,17)(H,18,19). The van der Waals surface area contributed by atoms with Crippen LogP contribution in [0.15, 0.2) is 18.3 Å². The molecule has 4 heteroatoms. The monoisotopic (exact) mass is 262 g/mol. The quantitative estimate of drug-likeness (QED) is 0.851. The summed E-state index contributed by atoms with van der Waals surface area (Å²) in [5.41, 5.74) is 0.289. The van der Waals surface area contributed by atoms with E-state index in [1.54, 1.807) is 12.3 Å². The van der Waals surface area contributed by atoms with E-state index in [1.165, 1.54) is 31.7 Å². The molecule has 0 bridgehead atoms. The van der Waals surface area contributed by atoms with Crippen LogP contribution in [0.25, 0.3) is 0 Å². The molecule has 2 rings (SSSR count). The number of pyridine rings is 1. The molecule has 0 unspecified atom stereocenters. The second-order valence-electron chi connectivity index (χ2n) is 5.39. The molecule has 0 atom stereocenters. The topological polar surface area (TPSA) is 62.2 Å². The summed E-state index contributed by atoms with van der Waals surface area (Å²) in [7, 11) is 0. The van der Waals surface area contributed by atoms with Crippen LogP contribution in [0.2, 0.25) is 0 Å². The number of carboxylic acids is 1. The molecule has 2 N–H and O–H groups in total. The molecule has 0 radical (unpaired) electrons. The lowest BCUT2D eigenvalue weighted by molar-refractivity contribution is 0.0697. The van der Waals surface area contributed by atoms with Gasteiger partial charge in [0.05, 0.1) is 5.56 Å². The third-order valence-electron chi connectivity index (χ3n) is 3.90. The van der Waals surface area contributed by atoms with Crippen LogP contribution in [-0.4, -0.2) is 22.1 Å². The Morgan fingerprint density at radius 2 is 2.16 bits per heavy atom. The van der Waals surface area contributed by atoms with Gasteiger partial charge in [0.15, 0.2) is 0 Å². The van der Waals surface area contributed by atoms with E-state index in [1.807, 2.05) is 0 Å². The molecule has 0 saturated heterocycles. The normalized spacial score (nSPS) is 23.0. The van der Waals surface area contributed by atoms with Gasteiger partial charge in [-0.1, -0.05) is 19.8 Å². The Kier molecular flexibility index (Phi) is 4.77. The minimum atomic E-state index is -0.905. The first kappa shape index (κ1) is 13.8. The summed E-state index contributed by atoms with van der Waals surface area (Å²) in [5, 5.41) is 12.3. The fourth-order valence-corrected chi connectivity index (χ4v) is 2.86. The maximum Gasteiger partial charge on any atom is 0.335 e. The molecule has 1 heterocycles. The van der Waals surface area contributed by atoms with Gasteiger partial charge in [0.2, 0.25) is 0 Å². The van der Waals surface area contributed by atoms with Crippen molar-refractivity contribution in [1.82, 2.24) is 4.98 Å². The van der Waals surface area contributed by atoms with Gasteiger partial charge >= 0.3 is 5.97 Å². The number of aromatic carboxylic acids is 1. The maximum atomic E-state index is 10.9. The fourth-order valence-electron chi connectivity index (χ4n) is 2.86. The highest BCUT2D eigenvalue weighted by molar-refractivity contribution is 5.88. The van der Waals surface area contributed by atoms with Crippen LogP contribution in [0.5, 0.6) is 0 Å². The van der Waals surface area contributed by atoms with Gasteiger partial charge in [-0.25, -0.2) is 9.78 Å². The van der Waals surface area contributed by atoms with E-state index in [-0.39, 0.29) is 5.56 Å². The third kappa shape index (κ3) is 3.94. The van der Waals surface area contributed by atoms with Gasteiger partial charge in [-0.15, -0.1) is 0 Å². The van der Waals surface area contributed by atoms with Crippen molar-refractivity contribution in [3.63, 3.8) is 0 Å². The van der Waals surface area contributed by atoms with Crippen LogP contribution in [0.4, 0.5) is 5.82 Å². The van der Waals surface area contributed by atoms with E-state index in [0.29, 0.717) is 11.9 Å². The van der Waals surface area contributed by atoms with Crippen LogP contribution in [0.3, 0.4) is 0 Å². The summed E-state index contributed by atoms with van der Waals surface area (Å²) in [4.78, 5) is 15.1. The van der Waals surface area contributed by atoms with Crippen LogP contribution in [0.1, 0.15) is 55.8 Å². The Hall–Kier alpha value is -1.58. The van der Waals surface area contributed by atoms with Gasteiger partial charge < -0.3 is 10.4 Å². The lowest BCUT2D eigenvalue weighted by Crippen LogP contribution is -2.26. The highest BCUT2D eigenvalue weighted by Gasteiger charge is 2.20. The summed E-state index contributed by atoms with van der Waals surface area (Å²) < 4.78 is 0. The third-order valence-corrected chi connectivity index (χ3v) is 3.90. The molecule has 4 nitrogen and oxygen atoms in total. The molecule has 0 aromatic carbocycles. The van der Waals surface area contributed by atoms with Crippen molar-refractivity contribution < 1.29 is 9.90 Å². The van der Waals surface area contributed by atoms with Gasteiger partial charge in [0.1, 0.15) is 5.82 Å². The van der Waals surface area contributed by atoms with E-state index < -0.39 is 5.97 Å². The lowest BCUT2D eigenvalue weighted by Gasteiger charge is -2.29. The van der Waals surface area contributed by atoms with E-state index in [4.69, 9.17) is 5.11 Å². The molecule has 0 aliphatic heterocycles. The maximum absolute atomic E-state index is 10.9. The molecule has 0 amide bonds. The van der Waals surface area contributed by atoms with E-state index >= 15 is 0 Å². The number of nitrogens with zero attached hydrogens (tertiary/aromatic N) is 1. The van der Waals surface area contributed by atoms with Crippen molar-refractivity contribution in [2.75, 3.05) is 5.32 Å². The number of carbonyl (C=O) groups is 1. The Morgan fingerprint density at radius 1 is 1.42 bits per heavy atom. The molecule has 1 aromatic rings. The van der Waals surface area contributed by atoms with E-state index in [0.717, 1.165) is 18.8 Å². The van der Waals surface area contributed by atoms with Crippen molar-refractivity contribution in [3.05, 3.63) is 23.9 Å². The highest BCUT2D eigenvalue weighted by Crippen LogP contribution is 2.29. The van der Waals surface area contributed by atoms with Gasteiger partial charge in [-0.2, -0.15) is 0 Å². The summed E-state index contributed by atoms with van der Waals surface area (Å²) in [6.45, 7) is 2.24. The summed E-state index contributed by atoms with van der Waals surface area (Å²) in [5.74, 6) is 0.650. The Morgan fingerprint density at radius 3 is 2.79 bits per heavy atom. The Balaban J connectivity index is 1.88. The molecule has 1 aliphatic carbocycles. The minimum absolute atomic E-state index is 0.289. The molecule has 19 heavy (non-hydrogen) atoms. The number of aromatic nitrogens is 1. The van der Waals surface area contributed by atoms with Crippen LogP contribution >= 0.6 is 0 Å². The number of hydrogen-bond donors (Lipinski definition) is 2. The molecule has 104 valence electrons. The van der Waals surface area contributed by atoms with Crippen molar-refractivity contribution >= 4 is 11.8 Å². The number of nitrogens with one attached hydrogen (secondary N) is 1. The first-order valence-corrected chi connectivity index (χ1v) is 7.15. The molecule has 1 saturated carbocycles. The van der Waals surface area contributed by atoms with Crippen molar-refractivity contribution in [1.29, 1.82) is 0 Å². The molecular weight excluding hydrogens is 240 g/mol. The molecular formula is C15H22N2O2. The smallest absolute Gasteiger partial charge is 0.335 e. The molecule has 1 fully saturated rings. The van der Waals surface area contributed by atoms with Gasteiger partial charge in [0, 0.05) is 12.2 Å². The first-order valence-electron chi connectivity index (χ1n) is 7.15. The minimum Gasteiger partial charge on any atom is -0.478 e. The van der Waals surface area contributed by atoms with Crippen LogP contribution < -0.4 is 5.32 Å². The molecule has 0 spiro atoms. The summed E-state index contributed by atoms with van der Waals surface area (Å²) >= 11 is 0. The summed E-state index contributed by atoms with van der Waals surface area (Å²) in [6, 6.07) is 3.57. The predicted molar refractivity (Wildman–Crippen MR) is 75.5 cm³/mol. The lowest BCUT2D eigenvalue weighted by atomic mass is 9.83. The van der Waals surface area contributed by atoms with Crippen molar-refractivity contribution in [2.24, 2.45) is 5.92 Å². The Bertz CT molecular complexity index is 426. The van der Waals surface area contributed by atoms with Gasteiger partial charge in [0.25, 0.3) is 0 Å². The number of rotatable bonds is 5. The summed E-state index contributed by atoms with van der Waals surface area (Å²) in [6.07, 6.45) is 9.00. The second kappa shape index (κ2) is 6.55. The first-order chi connectivity index (χ1) is 9.19. The van der Waals surface area contributed by atoms with Crippen molar-refractivity contribution in [2.45, 2.75) is 51.5 Å². The zero-order chi connectivity index (χ0) is 13.7. The van der Waals surface area contributed by atoms with E-state index in [2.05, 4.69) is 17.2 Å². The second-order valence-corrected chi connectivity index (χ2v) is 5.39. The van der Waals surface area contributed by atoms with E-state index in [9.17, 15) is 4.79 Å². The largest absolute Gasteiger partial charge is 0.478 e. The average molecular weight is 262 g/mol. The van der Waals surface area contributed by atoms with Gasteiger partial charge in [-0.3, -0.25) is 0 Å². The zero-order valence-corrected chi connectivity index (χ0v) is 11.4. The number of anilines is 1. The fraction of sp³-hybridized carbons (Fsp3) is 0.600.